The molecule has 6 nitrogen and oxygen atoms in total. The molecule has 0 bridgehead atoms. The minimum absolute atomic E-state index is 0.142. The molecule has 0 unspecified atom stereocenters. The van der Waals surface area contributed by atoms with E-state index in [4.69, 9.17) is 9.26 Å². The molecule has 0 aliphatic carbocycles. The van der Waals surface area contributed by atoms with Gasteiger partial charge in [0.2, 0.25) is 0 Å². The highest BCUT2D eigenvalue weighted by Crippen LogP contribution is 2.25. The number of aromatic nitrogens is 3. The van der Waals surface area contributed by atoms with Crippen molar-refractivity contribution in [2.24, 2.45) is 7.05 Å². The molecule has 0 radical (unpaired) electrons. The van der Waals surface area contributed by atoms with E-state index < -0.39 is 0 Å². The van der Waals surface area contributed by atoms with E-state index in [-0.39, 0.29) is 17.4 Å². The van der Waals surface area contributed by atoms with Crippen LogP contribution in [-0.2, 0) is 11.8 Å². The van der Waals surface area contributed by atoms with Gasteiger partial charge < -0.3 is 13.8 Å². The summed E-state index contributed by atoms with van der Waals surface area (Å²) >= 11 is 0. The maximum atomic E-state index is 12.5. The van der Waals surface area contributed by atoms with Crippen LogP contribution < -0.4 is 5.56 Å². The molecule has 22 heavy (non-hydrogen) atoms. The number of para-hydroxylation sites is 1. The lowest BCUT2D eigenvalue weighted by atomic mass is 10.1. The molecule has 1 fully saturated rings. The number of hydrogen-bond acceptors (Lipinski definition) is 5. The van der Waals surface area contributed by atoms with Crippen LogP contribution in [0.5, 0.6) is 0 Å². The lowest BCUT2D eigenvalue weighted by Crippen LogP contribution is -2.19. The molecule has 3 aromatic rings. The molecular weight excluding hydrogens is 282 g/mol. The van der Waals surface area contributed by atoms with Crippen molar-refractivity contribution in [2.45, 2.75) is 12.3 Å². The molecule has 3 heterocycles. The Labute approximate surface area is 126 Å². The van der Waals surface area contributed by atoms with Crippen LogP contribution in [0.2, 0.25) is 0 Å². The van der Waals surface area contributed by atoms with Crippen molar-refractivity contribution in [3.8, 4) is 11.5 Å². The molecule has 2 aromatic heterocycles. The van der Waals surface area contributed by atoms with Gasteiger partial charge in [0.15, 0.2) is 5.82 Å². The first-order valence-electron chi connectivity index (χ1n) is 7.24. The average Bonchev–Trinajstić information content (AvgIpc) is 3.21. The largest absolute Gasteiger partial charge is 0.381 e. The third-order valence-electron chi connectivity index (χ3n) is 4.10. The van der Waals surface area contributed by atoms with Crippen LogP contribution in [-0.4, -0.2) is 27.9 Å². The van der Waals surface area contributed by atoms with Crippen LogP contribution in [0.1, 0.15) is 18.2 Å². The van der Waals surface area contributed by atoms with Gasteiger partial charge in [-0.05, 0) is 23.9 Å². The molecule has 1 aliphatic heterocycles. The van der Waals surface area contributed by atoms with Gasteiger partial charge in [0.05, 0.1) is 12.1 Å². The molecule has 1 atom stereocenters. The lowest BCUT2D eigenvalue weighted by molar-refractivity contribution is 0.192. The Morgan fingerprint density at radius 2 is 2.18 bits per heavy atom. The SMILES string of the molecule is Cn1c(=O)c(-c2nc([C@@H]3CCOC3)no2)cc2ccccc21. The maximum absolute atomic E-state index is 12.5. The predicted octanol–water partition coefficient (Wildman–Crippen LogP) is 2.09. The molecule has 6 heteroatoms. The van der Waals surface area contributed by atoms with Crippen molar-refractivity contribution in [1.82, 2.24) is 14.7 Å². The Morgan fingerprint density at radius 1 is 1.32 bits per heavy atom. The minimum atomic E-state index is -0.142. The predicted molar refractivity (Wildman–Crippen MR) is 80.7 cm³/mol. The Bertz CT molecular complexity index is 891. The van der Waals surface area contributed by atoms with Gasteiger partial charge in [-0.3, -0.25) is 4.79 Å². The summed E-state index contributed by atoms with van der Waals surface area (Å²) in [5.74, 6) is 1.04. The van der Waals surface area contributed by atoms with Crippen LogP contribution in [0.4, 0.5) is 0 Å². The van der Waals surface area contributed by atoms with Gasteiger partial charge in [-0.15, -0.1) is 0 Å². The second-order valence-corrected chi connectivity index (χ2v) is 5.50. The number of benzene rings is 1. The van der Waals surface area contributed by atoms with E-state index in [9.17, 15) is 4.79 Å². The highest BCUT2D eigenvalue weighted by atomic mass is 16.5. The van der Waals surface area contributed by atoms with Crippen LogP contribution in [0, 0.1) is 0 Å². The van der Waals surface area contributed by atoms with E-state index in [1.54, 1.807) is 17.7 Å². The van der Waals surface area contributed by atoms with E-state index in [0.29, 0.717) is 24.6 Å². The van der Waals surface area contributed by atoms with Gasteiger partial charge in [-0.25, -0.2) is 0 Å². The first-order chi connectivity index (χ1) is 10.7. The number of aryl methyl sites for hydroxylation is 1. The zero-order chi connectivity index (χ0) is 15.1. The van der Waals surface area contributed by atoms with E-state index in [1.807, 2.05) is 24.3 Å². The fraction of sp³-hybridized carbons (Fsp3) is 0.312. The van der Waals surface area contributed by atoms with Gasteiger partial charge >= 0.3 is 0 Å². The van der Waals surface area contributed by atoms with Crippen LogP contribution in [0.25, 0.3) is 22.4 Å². The van der Waals surface area contributed by atoms with Crippen molar-refractivity contribution >= 4 is 10.9 Å². The van der Waals surface area contributed by atoms with Crippen molar-refractivity contribution < 1.29 is 9.26 Å². The summed E-state index contributed by atoms with van der Waals surface area (Å²) in [6, 6.07) is 9.52. The standard InChI is InChI=1S/C16H15N3O3/c1-19-13-5-3-2-4-10(13)8-12(16(19)20)15-17-14(18-22-15)11-6-7-21-9-11/h2-5,8,11H,6-7,9H2,1H3/t11-/m1/s1. The number of nitrogens with zero attached hydrogens (tertiary/aromatic N) is 3. The molecular formula is C16H15N3O3. The molecule has 0 spiro atoms. The monoisotopic (exact) mass is 297 g/mol. The van der Waals surface area contributed by atoms with Crippen LogP contribution in [0.3, 0.4) is 0 Å². The topological polar surface area (TPSA) is 70.2 Å². The Hall–Kier alpha value is -2.47. The normalized spacial score (nSPS) is 18.1. The fourth-order valence-corrected chi connectivity index (χ4v) is 2.82. The van der Waals surface area contributed by atoms with E-state index >= 15 is 0 Å². The van der Waals surface area contributed by atoms with E-state index in [2.05, 4.69) is 10.1 Å². The van der Waals surface area contributed by atoms with Gasteiger partial charge in [0.25, 0.3) is 11.4 Å². The number of pyridine rings is 1. The molecule has 4 rings (SSSR count). The smallest absolute Gasteiger partial charge is 0.263 e. The third-order valence-corrected chi connectivity index (χ3v) is 4.10. The number of ether oxygens (including phenoxy) is 1. The Kier molecular flexibility index (Phi) is 3.04. The first-order valence-corrected chi connectivity index (χ1v) is 7.24. The number of rotatable bonds is 2. The van der Waals surface area contributed by atoms with Gasteiger partial charge in [-0.2, -0.15) is 4.98 Å². The molecule has 112 valence electrons. The highest BCUT2D eigenvalue weighted by Gasteiger charge is 2.24. The second kappa shape index (κ2) is 5.06. The quantitative estimate of drug-likeness (QED) is 0.724. The molecule has 0 amide bonds. The molecule has 1 saturated heterocycles. The van der Waals surface area contributed by atoms with Crippen molar-refractivity contribution in [3.05, 3.63) is 46.5 Å². The summed E-state index contributed by atoms with van der Waals surface area (Å²) in [7, 11) is 1.75. The lowest BCUT2D eigenvalue weighted by Gasteiger charge is -2.06. The van der Waals surface area contributed by atoms with Gasteiger partial charge in [-0.1, -0.05) is 23.4 Å². The Morgan fingerprint density at radius 3 is 3.00 bits per heavy atom. The zero-order valence-electron chi connectivity index (χ0n) is 12.2. The summed E-state index contributed by atoms with van der Waals surface area (Å²) in [6.07, 6.45) is 0.884. The average molecular weight is 297 g/mol. The highest BCUT2D eigenvalue weighted by molar-refractivity contribution is 5.82. The zero-order valence-corrected chi connectivity index (χ0v) is 12.2. The number of hydrogen-bond donors (Lipinski definition) is 0. The van der Waals surface area contributed by atoms with Gasteiger partial charge in [0.1, 0.15) is 5.56 Å². The van der Waals surface area contributed by atoms with Crippen LogP contribution >= 0.6 is 0 Å². The van der Waals surface area contributed by atoms with E-state index in [1.165, 1.54) is 0 Å². The molecule has 1 aromatic carbocycles. The van der Waals surface area contributed by atoms with Gasteiger partial charge in [0, 0.05) is 19.6 Å². The molecule has 0 saturated carbocycles. The number of fused-ring (bicyclic) bond motifs is 1. The summed E-state index contributed by atoms with van der Waals surface area (Å²) in [4.78, 5) is 16.9. The minimum Gasteiger partial charge on any atom is -0.381 e. The van der Waals surface area contributed by atoms with Crippen LogP contribution in [0.15, 0.2) is 39.6 Å². The Balaban J connectivity index is 1.84. The molecule has 1 aliphatic rings. The van der Waals surface area contributed by atoms with E-state index in [0.717, 1.165) is 17.3 Å². The van der Waals surface area contributed by atoms with Crippen molar-refractivity contribution in [1.29, 1.82) is 0 Å². The van der Waals surface area contributed by atoms with Crippen molar-refractivity contribution in [3.63, 3.8) is 0 Å². The fourth-order valence-electron chi connectivity index (χ4n) is 2.82. The molecule has 0 N–H and O–H groups in total. The van der Waals surface area contributed by atoms with Crippen molar-refractivity contribution in [2.75, 3.05) is 13.2 Å². The summed E-state index contributed by atoms with van der Waals surface area (Å²) in [5, 5.41) is 4.97. The summed E-state index contributed by atoms with van der Waals surface area (Å²) < 4.78 is 12.3. The summed E-state index contributed by atoms with van der Waals surface area (Å²) in [6.45, 7) is 1.32. The first kappa shape index (κ1) is 13.2. The second-order valence-electron chi connectivity index (χ2n) is 5.50. The third kappa shape index (κ3) is 2.03. The summed E-state index contributed by atoms with van der Waals surface area (Å²) in [5.41, 5.74) is 1.16. The maximum Gasteiger partial charge on any atom is 0.263 e.